The monoisotopic (exact) mass is 343 g/mol. The number of anilines is 2. The van der Waals surface area contributed by atoms with Gasteiger partial charge in [-0.2, -0.15) is 22.0 Å². The highest BCUT2D eigenvalue weighted by atomic mass is 19.4. The Morgan fingerprint density at radius 1 is 1.21 bits per heavy atom. The Morgan fingerprint density at radius 3 is 2.67 bits per heavy atom. The van der Waals surface area contributed by atoms with Crippen molar-refractivity contribution in [2.45, 2.75) is 18.6 Å². The number of rotatable bonds is 3. The summed E-state index contributed by atoms with van der Waals surface area (Å²) in [7, 11) is 0. The number of aromatic nitrogens is 1. The molecule has 1 aliphatic heterocycles. The zero-order valence-electron chi connectivity index (χ0n) is 11.9. The molecule has 3 rings (SSSR count). The number of amides is 1. The lowest BCUT2D eigenvalue weighted by atomic mass is 10.1. The number of nitrogens with one attached hydrogen (secondary N) is 2. The van der Waals surface area contributed by atoms with Crippen LogP contribution in [0.4, 0.5) is 33.3 Å². The lowest BCUT2D eigenvalue weighted by Gasteiger charge is -2.14. The van der Waals surface area contributed by atoms with Gasteiger partial charge in [0.1, 0.15) is 5.69 Å². The third-order valence-electron chi connectivity index (χ3n) is 3.53. The summed E-state index contributed by atoms with van der Waals surface area (Å²) in [5.41, 5.74) is -1.53. The Morgan fingerprint density at radius 2 is 1.96 bits per heavy atom. The SMILES string of the molecule is O=C1Nc2ccc(NCc3cccnc3C(F)(F)F)cc2C1(F)F. The fourth-order valence-electron chi connectivity index (χ4n) is 2.38. The molecule has 126 valence electrons. The van der Waals surface area contributed by atoms with Crippen molar-refractivity contribution in [1.82, 2.24) is 4.98 Å². The van der Waals surface area contributed by atoms with Crippen molar-refractivity contribution in [1.29, 1.82) is 0 Å². The van der Waals surface area contributed by atoms with Gasteiger partial charge in [0.25, 0.3) is 5.91 Å². The second kappa shape index (κ2) is 5.43. The Labute approximate surface area is 132 Å². The van der Waals surface area contributed by atoms with E-state index in [9.17, 15) is 26.7 Å². The van der Waals surface area contributed by atoms with E-state index >= 15 is 0 Å². The lowest BCUT2D eigenvalue weighted by molar-refractivity contribution is -0.141. The van der Waals surface area contributed by atoms with Gasteiger partial charge in [-0.15, -0.1) is 0 Å². The number of fused-ring (bicyclic) bond motifs is 1. The molecule has 0 saturated heterocycles. The summed E-state index contributed by atoms with van der Waals surface area (Å²) in [6, 6.07) is 6.30. The summed E-state index contributed by atoms with van der Waals surface area (Å²) in [5, 5.41) is 4.69. The second-order valence-electron chi connectivity index (χ2n) is 5.15. The molecule has 0 radical (unpaired) electrons. The van der Waals surface area contributed by atoms with Crippen molar-refractivity contribution < 1.29 is 26.7 Å². The molecule has 4 nitrogen and oxygen atoms in total. The van der Waals surface area contributed by atoms with E-state index in [1.165, 1.54) is 24.3 Å². The van der Waals surface area contributed by atoms with Crippen LogP contribution in [-0.4, -0.2) is 10.9 Å². The van der Waals surface area contributed by atoms with Gasteiger partial charge >= 0.3 is 12.1 Å². The first kappa shape index (κ1) is 16.2. The van der Waals surface area contributed by atoms with E-state index in [0.717, 1.165) is 12.3 Å². The predicted octanol–water partition coefficient (Wildman–Crippen LogP) is 3.76. The van der Waals surface area contributed by atoms with Gasteiger partial charge in [-0.05, 0) is 24.3 Å². The third-order valence-corrected chi connectivity index (χ3v) is 3.53. The van der Waals surface area contributed by atoms with Crippen molar-refractivity contribution in [3.05, 3.63) is 53.3 Å². The van der Waals surface area contributed by atoms with E-state index in [0.29, 0.717) is 0 Å². The largest absolute Gasteiger partial charge is 0.433 e. The minimum atomic E-state index is -4.61. The molecule has 2 heterocycles. The molecule has 0 aliphatic carbocycles. The van der Waals surface area contributed by atoms with E-state index in [2.05, 4.69) is 10.3 Å². The highest BCUT2D eigenvalue weighted by molar-refractivity contribution is 6.04. The van der Waals surface area contributed by atoms with Crippen LogP contribution in [0.25, 0.3) is 0 Å². The molecule has 24 heavy (non-hydrogen) atoms. The van der Waals surface area contributed by atoms with Crippen LogP contribution in [0.5, 0.6) is 0 Å². The first-order valence-electron chi connectivity index (χ1n) is 6.78. The predicted molar refractivity (Wildman–Crippen MR) is 75.5 cm³/mol. The zero-order chi connectivity index (χ0) is 17.5. The highest BCUT2D eigenvalue weighted by Gasteiger charge is 2.48. The lowest BCUT2D eigenvalue weighted by Crippen LogP contribution is -2.23. The van der Waals surface area contributed by atoms with Crippen LogP contribution >= 0.6 is 0 Å². The Balaban J connectivity index is 1.83. The minimum Gasteiger partial charge on any atom is -0.381 e. The summed E-state index contributed by atoms with van der Waals surface area (Å²) < 4.78 is 66.0. The molecule has 1 aromatic heterocycles. The van der Waals surface area contributed by atoms with E-state index < -0.39 is 29.3 Å². The van der Waals surface area contributed by atoms with Gasteiger partial charge in [-0.25, -0.2) is 0 Å². The molecule has 0 atom stereocenters. The van der Waals surface area contributed by atoms with Crippen molar-refractivity contribution in [3.63, 3.8) is 0 Å². The van der Waals surface area contributed by atoms with Crippen LogP contribution in [0.3, 0.4) is 0 Å². The van der Waals surface area contributed by atoms with Gasteiger partial charge in [-0.3, -0.25) is 9.78 Å². The van der Waals surface area contributed by atoms with Gasteiger partial charge < -0.3 is 10.6 Å². The molecule has 0 bridgehead atoms. The molecule has 1 aliphatic rings. The first-order chi connectivity index (χ1) is 11.2. The molecule has 2 aromatic rings. The van der Waals surface area contributed by atoms with Gasteiger partial charge in [-0.1, -0.05) is 6.07 Å². The molecule has 2 N–H and O–H groups in total. The molecule has 1 amide bonds. The van der Waals surface area contributed by atoms with Crippen molar-refractivity contribution in [2.24, 2.45) is 0 Å². The van der Waals surface area contributed by atoms with Crippen molar-refractivity contribution in [3.8, 4) is 0 Å². The first-order valence-corrected chi connectivity index (χ1v) is 6.78. The minimum absolute atomic E-state index is 0.0205. The number of benzene rings is 1. The van der Waals surface area contributed by atoms with Gasteiger partial charge in [0, 0.05) is 24.0 Å². The molecule has 0 unspecified atom stereocenters. The smallest absolute Gasteiger partial charge is 0.381 e. The molecule has 9 heteroatoms. The number of alkyl halides is 5. The number of nitrogens with zero attached hydrogens (tertiary/aromatic N) is 1. The quantitative estimate of drug-likeness (QED) is 0.835. The fraction of sp³-hybridized carbons (Fsp3) is 0.200. The average molecular weight is 343 g/mol. The molecule has 0 spiro atoms. The normalized spacial score (nSPS) is 15.8. The third kappa shape index (κ3) is 2.77. The maximum Gasteiger partial charge on any atom is 0.433 e. The summed E-state index contributed by atoms with van der Waals surface area (Å²) in [5.74, 6) is -5.10. The van der Waals surface area contributed by atoms with Crippen LogP contribution < -0.4 is 10.6 Å². The number of halogens is 5. The highest BCUT2D eigenvalue weighted by Crippen LogP contribution is 2.41. The summed E-state index contributed by atoms with van der Waals surface area (Å²) in [4.78, 5) is 14.5. The second-order valence-corrected chi connectivity index (χ2v) is 5.15. The van der Waals surface area contributed by atoms with Crippen LogP contribution in [-0.2, 0) is 23.4 Å². The topological polar surface area (TPSA) is 54.0 Å². The van der Waals surface area contributed by atoms with E-state index in [-0.39, 0.29) is 23.5 Å². The van der Waals surface area contributed by atoms with Gasteiger partial charge in [0.2, 0.25) is 0 Å². The molecular formula is C15H10F5N3O. The van der Waals surface area contributed by atoms with Crippen molar-refractivity contribution in [2.75, 3.05) is 10.6 Å². The standard InChI is InChI=1S/C15H10F5N3O/c16-14(17)10-6-9(3-4-11(10)23-13(14)24)22-7-8-2-1-5-21-12(8)15(18,19)20/h1-6,22H,7H2,(H,23,24). The van der Waals surface area contributed by atoms with Crippen molar-refractivity contribution >= 4 is 17.3 Å². The van der Waals surface area contributed by atoms with E-state index in [1.807, 2.05) is 5.32 Å². The summed E-state index contributed by atoms with van der Waals surface area (Å²) >= 11 is 0. The number of hydrogen-bond donors (Lipinski definition) is 2. The summed E-state index contributed by atoms with van der Waals surface area (Å²) in [6.07, 6.45) is -3.58. The van der Waals surface area contributed by atoms with Crippen LogP contribution in [0.2, 0.25) is 0 Å². The van der Waals surface area contributed by atoms with Crippen LogP contribution in [0, 0.1) is 0 Å². The molecular weight excluding hydrogens is 333 g/mol. The van der Waals surface area contributed by atoms with E-state index in [1.54, 1.807) is 0 Å². The molecule has 0 fully saturated rings. The maximum atomic E-state index is 13.7. The number of hydrogen-bond acceptors (Lipinski definition) is 3. The average Bonchev–Trinajstić information content (AvgIpc) is 2.74. The Bertz CT molecular complexity index is 804. The van der Waals surface area contributed by atoms with Crippen LogP contribution in [0.1, 0.15) is 16.8 Å². The zero-order valence-corrected chi connectivity index (χ0v) is 11.9. The molecule has 0 saturated carbocycles. The van der Waals surface area contributed by atoms with Gasteiger partial charge in [0.05, 0.1) is 11.3 Å². The Hall–Kier alpha value is -2.71. The fourth-order valence-corrected chi connectivity index (χ4v) is 2.38. The number of pyridine rings is 1. The van der Waals surface area contributed by atoms with Crippen LogP contribution in [0.15, 0.2) is 36.5 Å². The van der Waals surface area contributed by atoms with Gasteiger partial charge in [0.15, 0.2) is 0 Å². The number of carbonyl (C=O) groups is 1. The molecule has 1 aromatic carbocycles. The Kier molecular flexibility index (Phi) is 3.66. The maximum absolute atomic E-state index is 13.7. The number of carbonyl (C=O) groups excluding carboxylic acids is 1. The van der Waals surface area contributed by atoms with E-state index in [4.69, 9.17) is 0 Å². The summed E-state index contributed by atoms with van der Waals surface area (Å²) in [6.45, 7) is -0.256.